The third-order valence-electron chi connectivity index (χ3n) is 6.15. The summed E-state index contributed by atoms with van der Waals surface area (Å²) < 4.78 is 12.7. The second-order valence-electron chi connectivity index (χ2n) is 8.61. The summed E-state index contributed by atoms with van der Waals surface area (Å²) in [6, 6.07) is 15.0. The summed E-state index contributed by atoms with van der Waals surface area (Å²) in [7, 11) is 0. The Bertz CT molecular complexity index is 1570. The molecule has 4 aromatic heterocycles. The molecule has 37 heavy (non-hydrogen) atoms. The molecule has 1 aliphatic heterocycles. The van der Waals surface area contributed by atoms with Crippen molar-refractivity contribution in [2.45, 2.75) is 6.92 Å². The number of amides is 1. The summed E-state index contributed by atoms with van der Waals surface area (Å²) in [5, 5.41) is 10.2. The number of aromatic nitrogens is 5. The molecule has 0 saturated carbocycles. The van der Waals surface area contributed by atoms with Crippen molar-refractivity contribution in [3.63, 3.8) is 0 Å². The van der Waals surface area contributed by atoms with Crippen molar-refractivity contribution in [2.75, 3.05) is 41.8 Å². The molecule has 1 aliphatic rings. The zero-order chi connectivity index (χ0) is 25.2. The molecule has 1 amide bonds. The normalized spacial score (nSPS) is 13.6. The summed E-state index contributed by atoms with van der Waals surface area (Å²) in [6.07, 6.45) is 5.10. The minimum Gasteiger partial charge on any atom is -0.378 e. The van der Waals surface area contributed by atoms with Crippen LogP contribution in [0, 0.1) is 6.92 Å². The zero-order valence-electron chi connectivity index (χ0n) is 20.1. The van der Waals surface area contributed by atoms with Gasteiger partial charge in [0.05, 0.1) is 19.4 Å². The van der Waals surface area contributed by atoms with Gasteiger partial charge in [-0.05, 0) is 54.0 Å². The summed E-state index contributed by atoms with van der Waals surface area (Å²) in [6.45, 7) is 4.86. The van der Waals surface area contributed by atoms with E-state index in [0.717, 1.165) is 30.0 Å². The average Bonchev–Trinajstić information content (AvgIpc) is 3.59. The SMILES string of the molecule is Cc1ccc(Nc2noc(-c3ccnc(N4CCOCC4)c3)n2)cc1NC(=O)c1cnc2ccccn12. The van der Waals surface area contributed by atoms with Gasteiger partial charge >= 0.3 is 0 Å². The van der Waals surface area contributed by atoms with Crippen molar-refractivity contribution in [1.82, 2.24) is 24.5 Å². The number of morpholine rings is 1. The predicted molar refractivity (Wildman–Crippen MR) is 138 cm³/mol. The second kappa shape index (κ2) is 9.70. The smallest absolute Gasteiger partial charge is 0.274 e. The van der Waals surface area contributed by atoms with Crippen molar-refractivity contribution in [2.24, 2.45) is 0 Å². The Labute approximate surface area is 212 Å². The molecule has 1 aromatic carbocycles. The lowest BCUT2D eigenvalue weighted by atomic mass is 10.1. The van der Waals surface area contributed by atoms with Crippen LogP contribution in [0.5, 0.6) is 0 Å². The predicted octanol–water partition coefficient (Wildman–Crippen LogP) is 3.92. The molecule has 11 nitrogen and oxygen atoms in total. The fourth-order valence-electron chi connectivity index (χ4n) is 4.16. The molecular weight excluding hydrogens is 472 g/mol. The molecule has 186 valence electrons. The van der Waals surface area contributed by atoms with E-state index >= 15 is 0 Å². The standard InChI is InChI=1S/C26H24N8O3/c1-17-5-6-19(15-20(17)30-24(35)21-16-28-22-4-2-3-9-34(21)22)29-26-31-25(37-32-26)18-7-8-27-23(14-18)33-10-12-36-13-11-33/h2-9,14-16H,10-13H2,1H3,(H,29,32)(H,30,35). The molecule has 0 spiro atoms. The number of pyridine rings is 2. The van der Waals surface area contributed by atoms with Crippen molar-refractivity contribution in [3.05, 3.63) is 78.4 Å². The van der Waals surface area contributed by atoms with Crippen molar-refractivity contribution in [3.8, 4) is 11.5 Å². The molecule has 0 unspecified atom stereocenters. The number of carbonyl (C=O) groups is 1. The molecule has 2 N–H and O–H groups in total. The number of fused-ring (bicyclic) bond motifs is 1. The number of hydrogen-bond donors (Lipinski definition) is 2. The maximum atomic E-state index is 13.0. The van der Waals surface area contributed by atoms with Gasteiger partial charge < -0.3 is 24.8 Å². The van der Waals surface area contributed by atoms with Crippen LogP contribution in [0.2, 0.25) is 0 Å². The van der Waals surface area contributed by atoms with E-state index in [-0.39, 0.29) is 5.91 Å². The fraction of sp³-hybridized carbons (Fsp3) is 0.192. The van der Waals surface area contributed by atoms with Crippen LogP contribution in [-0.2, 0) is 4.74 Å². The number of imidazole rings is 1. The number of aryl methyl sites for hydroxylation is 1. The van der Waals surface area contributed by atoms with Crippen molar-refractivity contribution in [1.29, 1.82) is 0 Å². The molecule has 0 bridgehead atoms. The third kappa shape index (κ3) is 4.71. The fourth-order valence-corrected chi connectivity index (χ4v) is 4.16. The van der Waals surface area contributed by atoms with Gasteiger partial charge in [0, 0.05) is 42.4 Å². The number of hydrogen-bond acceptors (Lipinski definition) is 9. The Balaban J connectivity index is 1.18. The van der Waals surface area contributed by atoms with Gasteiger partial charge in [-0.2, -0.15) is 4.98 Å². The van der Waals surface area contributed by atoms with Crippen LogP contribution >= 0.6 is 0 Å². The first-order valence-corrected chi connectivity index (χ1v) is 11.9. The molecule has 0 atom stereocenters. The quantitative estimate of drug-likeness (QED) is 0.360. The minimum atomic E-state index is -0.255. The zero-order valence-corrected chi connectivity index (χ0v) is 20.1. The lowest BCUT2D eigenvalue weighted by molar-refractivity contribution is 0.102. The molecule has 5 aromatic rings. The number of nitrogens with zero attached hydrogens (tertiary/aromatic N) is 6. The highest BCUT2D eigenvalue weighted by atomic mass is 16.5. The van der Waals surface area contributed by atoms with Gasteiger partial charge in [0.2, 0.25) is 0 Å². The minimum absolute atomic E-state index is 0.255. The summed E-state index contributed by atoms with van der Waals surface area (Å²) in [4.78, 5) is 28.4. The Morgan fingerprint density at radius 1 is 1.05 bits per heavy atom. The van der Waals surface area contributed by atoms with Gasteiger partial charge in [0.25, 0.3) is 17.7 Å². The maximum Gasteiger partial charge on any atom is 0.274 e. The molecule has 6 rings (SSSR count). The Hall–Kier alpha value is -4.77. The lowest BCUT2D eigenvalue weighted by Gasteiger charge is -2.27. The van der Waals surface area contributed by atoms with Crippen LogP contribution in [-0.4, -0.2) is 56.7 Å². The van der Waals surface area contributed by atoms with Gasteiger partial charge in [-0.1, -0.05) is 12.1 Å². The van der Waals surface area contributed by atoms with Gasteiger partial charge in [-0.25, -0.2) is 9.97 Å². The van der Waals surface area contributed by atoms with Crippen LogP contribution in [0.25, 0.3) is 17.1 Å². The number of carbonyl (C=O) groups excluding carboxylic acids is 1. The molecular formula is C26H24N8O3. The Morgan fingerprint density at radius 3 is 2.84 bits per heavy atom. The number of anilines is 4. The van der Waals surface area contributed by atoms with Crippen molar-refractivity contribution >= 4 is 34.7 Å². The highest BCUT2D eigenvalue weighted by molar-refractivity contribution is 6.04. The van der Waals surface area contributed by atoms with Crippen LogP contribution in [0.1, 0.15) is 16.1 Å². The molecule has 1 fully saturated rings. The van der Waals surface area contributed by atoms with E-state index in [1.807, 2.05) is 61.7 Å². The van der Waals surface area contributed by atoms with Gasteiger partial charge in [0.15, 0.2) is 0 Å². The topological polar surface area (TPSA) is 123 Å². The van der Waals surface area contributed by atoms with Crippen LogP contribution in [0.4, 0.5) is 23.1 Å². The van der Waals surface area contributed by atoms with Gasteiger partial charge in [-0.15, -0.1) is 0 Å². The van der Waals surface area contributed by atoms with E-state index < -0.39 is 0 Å². The third-order valence-corrected chi connectivity index (χ3v) is 6.15. The van der Waals surface area contributed by atoms with Crippen LogP contribution < -0.4 is 15.5 Å². The number of benzene rings is 1. The Morgan fingerprint density at radius 2 is 1.95 bits per heavy atom. The van der Waals surface area contributed by atoms with Gasteiger partial charge in [0.1, 0.15) is 17.2 Å². The number of ether oxygens (including phenoxy) is 1. The van der Waals surface area contributed by atoms with Crippen molar-refractivity contribution < 1.29 is 14.1 Å². The first-order valence-electron chi connectivity index (χ1n) is 11.9. The van der Waals surface area contributed by atoms with E-state index in [9.17, 15) is 4.79 Å². The molecule has 1 saturated heterocycles. The molecule has 0 aliphatic carbocycles. The largest absolute Gasteiger partial charge is 0.378 e. The van der Waals surface area contributed by atoms with E-state index in [1.165, 1.54) is 0 Å². The average molecular weight is 497 g/mol. The molecule has 0 radical (unpaired) electrons. The first kappa shape index (κ1) is 22.7. The van der Waals surface area contributed by atoms with E-state index in [0.29, 0.717) is 47.8 Å². The van der Waals surface area contributed by atoms with E-state index in [4.69, 9.17) is 9.26 Å². The highest BCUT2D eigenvalue weighted by Crippen LogP contribution is 2.26. The monoisotopic (exact) mass is 496 g/mol. The van der Waals surface area contributed by atoms with Gasteiger partial charge in [-0.3, -0.25) is 9.20 Å². The molecule has 5 heterocycles. The van der Waals surface area contributed by atoms with E-state index in [1.54, 1.807) is 16.8 Å². The molecule has 11 heteroatoms. The highest BCUT2D eigenvalue weighted by Gasteiger charge is 2.17. The summed E-state index contributed by atoms with van der Waals surface area (Å²) in [5.74, 6) is 1.28. The summed E-state index contributed by atoms with van der Waals surface area (Å²) >= 11 is 0. The maximum absolute atomic E-state index is 13.0. The number of rotatable bonds is 6. The Kier molecular flexibility index (Phi) is 5.95. The van der Waals surface area contributed by atoms with Crippen LogP contribution in [0.15, 0.2) is 71.6 Å². The summed E-state index contributed by atoms with van der Waals surface area (Å²) in [5.41, 5.74) is 4.21. The second-order valence-corrected chi connectivity index (χ2v) is 8.61. The first-order chi connectivity index (χ1) is 18.1. The van der Waals surface area contributed by atoms with Crippen LogP contribution in [0.3, 0.4) is 0 Å². The lowest BCUT2D eigenvalue weighted by Crippen LogP contribution is -2.36. The number of nitrogens with one attached hydrogen (secondary N) is 2. The van der Waals surface area contributed by atoms with E-state index in [2.05, 4.69) is 35.6 Å².